The van der Waals surface area contributed by atoms with Gasteiger partial charge in [0, 0.05) is 16.8 Å². The molecule has 0 radical (unpaired) electrons. The average molecular weight is 408 g/mol. The topological polar surface area (TPSA) is 65.4 Å². The van der Waals surface area contributed by atoms with E-state index < -0.39 is 12.5 Å². The molecule has 0 unspecified atom stereocenters. The molecule has 1 heterocycles. The zero-order valence-corrected chi connectivity index (χ0v) is 15.5. The number of benzene rings is 2. The van der Waals surface area contributed by atoms with Crippen molar-refractivity contribution in [2.24, 2.45) is 0 Å². The van der Waals surface area contributed by atoms with Crippen LogP contribution in [0.4, 0.5) is 14.5 Å². The van der Waals surface area contributed by atoms with Crippen LogP contribution < -0.4 is 14.8 Å². The van der Waals surface area contributed by atoms with Crippen molar-refractivity contribution in [1.82, 2.24) is 9.78 Å². The number of hydrogen-bond acceptors (Lipinski definition) is 4. The summed E-state index contributed by atoms with van der Waals surface area (Å²) in [5.41, 5.74) is 1.72. The number of alkyl halides is 2. The van der Waals surface area contributed by atoms with Gasteiger partial charge in [0.1, 0.15) is 0 Å². The number of aromatic nitrogens is 2. The zero-order valence-electron chi connectivity index (χ0n) is 14.7. The first-order valence-corrected chi connectivity index (χ1v) is 8.53. The number of methoxy groups -OCH3 is 1. The Labute approximate surface area is 164 Å². The highest BCUT2D eigenvalue weighted by Crippen LogP contribution is 2.29. The smallest absolute Gasteiger partial charge is 0.387 e. The van der Waals surface area contributed by atoms with Crippen LogP contribution in [0.15, 0.2) is 54.9 Å². The van der Waals surface area contributed by atoms with Crippen molar-refractivity contribution in [1.29, 1.82) is 0 Å². The van der Waals surface area contributed by atoms with Crippen LogP contribution >= 0.6 is 11.6 Å². The summed E-state index contributed by atoms with van der Waals surface area (Å²) in [6, 6.07) is 11.3. The number of anilines is 1. The van der Waals surface area contributed by atoms with Crippen LogP contribution in [-0.2, 0) is 6.54 Å². The molecule has 0 atom stereocenters. The highest BCUT2D eigenvalue weighted by atomic mass is 35.5. The summed E-state index contributed by atoms with van der Waals surface area (Å²) in [5, 5.41) is 7.55. The maximum absolute atomic E-state index is 12.4. The molecule has 146 valence electrons. The number of rotatable bonds is 7. The first kappa shape index (κ1) is 19.6. The highest BCUT2D eigenvalue weighted by molar-refractivity contribution is 6.30. The summed E-state index contributed by atoms with van der Waals surface area (Å²) < 4.78 is 35.8. The molecule has 0 saturated heterocycles. The first-order valence-electron chi connectivity index (χ1n) is 8.15. The number of amides is 1. The summed E-state index contributed by atoms with van der Waals surface area (Å²) in [6.45, 7) is -2.47. The lowest BCUT2D eigenvalue weighted by molar-refractivity contribution is -0.0512. The van der Waals surface area contributed by atoms with Crippen molar-refractivity contribution in [2.75, 3.05) is 12.4 Å². The lowest BCUT2D eigenvalue weighted by atomic mass is 10.2. The van der Waals surface area contributed by atoms with Gasteiger partial charge in [0.2, 0.25) is 0 Å². The van der Waals surface area contributed by atoms with Gasteiger partial charge >= 0.3 is 6.61 Å². The monoisotopic (exact) mass is 407 g/mol. The number of ether oxygens (including phenoxy) is 2. The second-order valence-electron chi connectivity index (χ2n) is 5.75. The molecule has 0 bridgehead atoms. The van der Waals surface area contributed by atoms with Crippen molar-refractivity contribution in [3.8, 4) is 11.5 Å². The summed E-state index contributed by atoms with van der Waals surface area (Å²) in [7, 11) is 1.30. The molecule has 0 aliphatic rings. The van der Waals surface area contributed by atoms with Crippen molar-refractivity contribution in [2.45, 2.75) is 13.2 Å². The third kappa shape index (κ3) is 4.98. The fraction of sp³-hybridized carbons (Fsp3) is 0.158. The Bertz CT molecular complexity index is 961. The van der Waals surface area contributed by atoms with E-state index in [4.69, 9.17) is 16.3 Å². The van der Waals surface area contributed by atoms with E-state index in [1.165, 1.54) is 31.5 Å². The van der Waals surface area contributed by atoms with Crippen molar-refractivity contribution in [3.05, 3.63) is 71.0 Å². The van der Waals surface area contributed by atoms with Crippen molar-refractivity contribution < 1.29 is 23.0 Å². The van der Waals surface area contributed by atoms with Crippen LogP contribution in [0.2, 0.25) is 5.02 Å². The third-order valence-corrected chi connectivity index (χ3v) is 4.04. The largest absolute Gasteiger partial charge is 0.493 e. The predicted molar refractivity (Wildman–Crippen MR) is 100 cm³/mol. The van der Waals surface area contributed by atoms with E-state index in [1.807, 2.05) is 12.1 Å². The van der Waals surface area contributed by atoms with E-state index in [0.29, 0.717) is 17.3 Å². The second-order valence-corrected chi connectivity index (χ2v) is 6.19. The molecule has 9 heteroatoms. The molecule has 3 aromatic rings. The minimum Gasteiger partial charge on any atom is -0.493 e. The van der Waals surface area contributed by atoms with E-state index >= 15 is 0 Å². The molecule has 3 rings (SSSR count). The van der Waals surface area contributed by atoms with Gasteiger partial charge in [-0.1, -0.05) is 23.7 Å². The second kappa shape index (κ2) is 8.71. The van der Waals surface area contributed by atoms with E-state index in [1.54, 1.807) is 23.0 Å². The zero-order chi connectivity index (χ0) is 20.1. The molecular weight excluding hydrogens is 392 g/mol. The molecule has 2 aromatic carbocycles. The van der Waals surface area contributed by atoms with Crippen LogP contribution in [0.1, 0.15) is 15.9 Å². The molecule has 0 fully saturated rings. The number of carbonyl (C=O) groups excluding carboxylic acids is 1. The SMILES string of the molecule is COc1cc(C(=O)Nc2cnn(Cc3ccc(Cl)cc3)c2)ccc1OC(F)F. The molecule has 0 aliphatic carbocycles. The molecule has 28 heavy (non-hydrogen) atoms. The fourth-order valence-corrected chi connectivity index (χ4v) is 2.62. The Hall–Kier alpha value is -3.13. The van der Waals surface area contributed by atoms with Crippen LogP contribution in [-0.4, -0.2) is 29.4 Å². The van der Waals surface area contributed by atoms with Gasteiger partial charge in [0.15, 0.2) is 11.5 Å². The predicted octanol–water partition coefficient (Wildman–Crippen LogP) is 4.45. The third-order valence-electron chi connectivity index (χ3n) is 3.79. The molecular formula is C19H16ClF2N3O3. The normalized spacial score (nSPS) is 10.8. The van der Waals surface area contributed by atoms with Gasteiger partial charge in [0.25, 0.3) is 5.91 Å². The standard InChI is InChI=1S/C19H16ClF2N3O3/c1-27-17-8-13(4-7-16(17)28-19(21)22)18(26)24-15-9-23-25(11-15)10-12-2-5-14(20)6-3-12/h2-9,11,19H,10H2,1H3,(H,24,26). The van der Waals surface area contributed by atoms with Gasteiger partial charge < -0.3 is 14.8 Å². The molecule has 1 aromatic heterocycles. The lowest BCUT2D eigenvalue weighted by Crippen LogP contribution is -2.12. The highest BCUT2D eigenvalue weighted by Gasteiger charge is 2.15. The minimum atomic E-state index is -2.99. The number of halogens is 3. The van der Waals surface area contributed by atoms with Gasteiger partial charge in [-0.05, 0) is 35.9 Å². The molecule has 0 saturated carbocycles. The maximum atomic E-state index is 12.4. The average Bonchev–Trinajstić information content (AvgIpc) is 3.10. The van der Waals surface area contributed by atoms with Gasteiger partial charge in [0.05, 0.1) is 25.5 Å². The number of hydrogen-bond donors (Lipinski definition) is 1. The quantitative estimate of drug-likeness (QED) is 0.628. The van der Waals surface area contributed by atoms with Crippen molar-refractivity contribution in [3.63, 3.8) is 0 Å². The number of nitrogens with zero attached hydrogens (tertiary/aromatic N) is 2. The van der Waals surface area contributed by atoms with E-state index in [-0.39, 0.29) is 17.1 Å². The lowest BCUT2D eigenvalue weighted by Gasteiger charge is -2.11. The van der Waals surface area contributed by atoms with E-state index in [9.17, 15) is 13.6 Å². The van der Waals surface area contributed by atoms with Crippen molar-refractivity contribution >= 4 is 23.2 Å². The van der Waals surface area contributed by atoms with Gasteiger partial charge in [-0.3, -0.25) is 9.48 Å². The van der Waals surface area contributed by atoms with E-state index in [2.05, 4.69) is 15.2 Å². The summed E-state index contributed by atoms with van der Waals surface area (Å²) in [4.78, 5) is 12.4. The Kier molecular flexibility index (Phi) is 6.10. The van der Waals surface area contributed by atoms with Crippen LogP contribution in [0, 0.1) is 0 Å². The van der Waals surface area contributed by atoms with Crippen LogP contribution in [0.3, 0.4) is 0 Å². The maximum Gasteiger partial charge on any atom is 0.387 e. The fourth-order valence-electron chi connectivity index (χ4n) is 2.50. The summed E-state index contributed by atoms with van der Waals surface area (Å²) in [5.74, 6) is -0.552. The van der Waals surface area contributed by atoms with Gasteiger partial charge in [-0.2, -0.15) is 13.9 Å². The Morgan fingerprint density at radius 3 is 2.64 bits per heavy atom. The summed E-state index contributed by atoms with van der Waals surface area (Å²) in [6.07, 6.45) is 3.19. The van der Waals surface area contributed by atoms with Crippen LogP contribution in [0.25, 0.3) is 0 Å². The Balaban J connectivity index is 1.68. The molecule has 1 amide bonds. The number of carbonyl (C=O) groups is 1. The summed E-state index contributed by atoms with van der Waals surface area (Å²) >= 11 is 5.87. The first-order chi connectivity index (χ1) is 13.4. The molecule has 0 aliphatic heterocycles. The minimum absolute atomic E-state index is 0.0337. The molecule has 1 N–H and O–H groups in total. The van der Waals surface area contributed by atoms with E-state index in [0.717, 1.165) is 5.56 Å². The van der Waals surface area contributed by atoms with Crippen LogP contribution in [0.5, 0.6) is 11.5 Å². The van der Waals surface area contributed by atoms with Gasteiger partial charge in [-0.25, -0.2) is 0 Å². The van der Waals surface area contributed by atoms with Gasteiger partial charge in [-0.15, -0.1) is 0 Å². The Morgan fingerprint density at radius 2 is 1.96 bits per heavy atom. The number of nitrogens with one attached hydrogen (secondary N) is 1. The molecule has 6 nitrogen and oxygen atoms in total. The molecule has 0 spiro atoms. The Morgan fingerprint density at radius 1 is 1.21 bits per heavy atom.